The predicted molar refractivity (Wildman–Crippen MR) is 83.7 cm³/mol. The lowest BCUT2D eigenvalue weighted by molar-refractivity contribution is 0.158. The highest BCUT2D eigenvalue weighted by Crippen LogP contribution is 2.37. The first-order valence-corrected chi connectivity index (χ1v) is 10.0. The van der Waals surface area contributed by atoms with Gasteiger partial charge in [0.05, 0.1) is 11.5 Å². The number of nitrogens with zero attached hydrogens (tertiary/aromatic N) is 1. The van der Waals surface area contributed by atoms with Crippen LogP contribution in [0.1, 0.15) is 44.9 Å². The van der Waals surface area contributed by atoms with Crippen LogP contribution in [0.3, 0.4) is 0 Å². The van der Waals surface area contributed by atoms with E-state index in [-0.39, 0.29) is 0 Å². The molecule has 0 unspecified atom stereocenters. The zero-order valence-electron chi connectivity index (χ0n) is 11.8. The summed E-state index contributed by atoms with van der Waals surface area (Å²) in [6, 6.07) is 0. The Bertz CT molecular complexity index is 373. The van der Waals surface area contributed by atoms with E-state index in [1.54, 1.807) is 0 Å². The van der Waals surface area contributed by atoms with Gasteiger partial charge in [0.1, 0.15) is 0 Å². The molecule has 0 spiro atoms. The van der Waals surface area contributed by atoms with Crippen LogP contribution < -0.4 is 0 Å². The summed E-state index contributed by atoms with van der Waals surface area (Å²) in [5.41, 5.74) is 0.327. The van der Waals surface area contributed by atoms with Crippen LogP contribution in [0, 0.1) is 5.41 Å². The predicted octanol–water partition coefficient (Wildman–Crippen LogP) is 2.38. The van der Waals surface area contributed by atoms with Gasteiger partial charge in [0.25, 0.3) is 0 Å². The van der Waals surface area contributed by atoms with Crippen molar-refractivity contribution in [1.82, 2.24) is 4.90 Å². The van der Waals surface area contributed by atoms with E-state index < -0.39 is 9.84 Å². The molecule has 0 atom stereocenters. The summed E-state index contributed by atoms with van der Waals surface area (Å²) in [6.07, 6.45) is 8.65. The van der Waals surface area contributed by atoms with Crippen LogP contribution in [0.15, 0.2) is 0 Å². The van der Waals surface area contributed by atoms with Gasteiger partial charge < -0.3 is 4.90 Å². The summed E-state index contributed by atoms with van der Waals surface area (Å²) >= 11 is 4.61. The molecule has 0 N–H and O–H groups in total. The Morgan fingerprint density at radius 3 is 2.26 bits per heavy atom. The first-order chi connectivity index (χ1) is 9.05. The lowest BCUT2D eigenvalue weighted by Crippen LogP contribution is -2.40. The highest BCUT2D eigenvalue weighted by atomic mass is 32.2. The van der Waals surface area contributed by atoms with Gasteiger partial charge in [0.2, 0.25) is 0 Å². The van der Waals surface area contributed by atoms with Crippen LogP contribution in [0.2, 0.25) is 0 Å². The zero-order chi connectivity index (χ0) is 13.8. The molecule has 1 aliphatic heterocycles. The van der Waals surface area contributed by atoms with Gasteiger partial charge in [-0.1, -0.05) is 25.7 Å². The van der Waals surface area contributed by atoms with Gasteiger partial charge in [-0.2, -0.15) is 12.6 Å². The van der Waals surface area contributed by atoms with Crippen molar-refractivity contribution < 1.29 is 8.42 Å². The van der Waals surface area contributed by atoms with Crippen molar-refractivity contribution >= 4 is 22.5 Å². The van der Waals surface area contributed by atoms with E-state index in [2.05, 4.69) is 17.5 Å². The standard InChI is InChI=1S/C14H27NO2S2/c16-19(17)10-5-8-15(9-11-19)12-14(13-18)6-3-1-2-4-7-14/h18H,1-13H2. The quantitative estimate of drug-likeness (QED) is 0.642. The van der Waals surface area contributed by atoms with Crippen LogP contribution in [-0.4, -0.2) is 50.2 Å². The zero-order valence-corrected chi connectivity index (χ0v) is 13.5. The minimum atomic E-state index is -2.79. The third-order valence-electron chi connectivity index (χ3n) is 4.71. The van der Waals surface area contributed by atoms with Crippen LogP contribution >= 0.6 is 12.6 Å². The fourth-order valence-corrected chi connectivity index (χ4v) is 5.19. The number of hydrogen-bond donors (Lipinski definition) is 1. The summed E-state index contributed by atoms with van der Waals surface area (Å²) in [7, 11) is -2.79. The van der Waals surface area contributed by atoms with Crippen molar-refractivity contribution in [1.29, 1.82) is 0 Å². The van der Waals surface area contributed by atoms with Crippen LogP contribution in [-0.2, 0) is 9.84 Å². The minimum Gasteiger partial charge on any atom is -0.302 e. The lowest BCUT2D eigenvalue weighted by Gasteiger charge is -2.36. The van der Waals surface area contributed by atoms with E-state index in [1.807, 2.05) is 0 Å². The van der Waals surface area contributed by atoms with E-state index in [9.17, 15) is 8.42 Å². The lowest BCUT2D eigenvalue weighted by atomic mass is 9.81. The normalized spacial score (nSPS) is 28.5. The highest BCUT2D eigenvalue weighted by molar-refractivity contribution is 7.91. The Balaban J connectivity index is 1.97. The fraction of sp³-hybridized carbons (Fsp3) is 1.00. The Labute approximate surface area is 123 Å². The molecule has 2 fully saturated rings. The monoisotopic (exact) mass is 305 g/mol. The van der Waals surface area contributed by atoms with Gasteiger partial charge in [0.15, 0.2) is 9.84 Å². The molecule has 0 aromatic rings. The molecule has 19 heavy (non-hydrogen) atoms. The van der Waals surface area contributed by atoms with Crippen LogP contribution in [0.5, 0.6) is 0 Å². The van der Waals surface area contributed by atoms with Crippen molar-refractivity contribution in [3.63, 3.8) is 0 Å². The summed E-state index contributed by atoms with van der Waals surface area (Å²) in [5.74, 6) is 1.66. The largest absolute Gasteiger partial charge is 0.302 e. The smallest absolute Gasteiger partial charge is 0.151 e. The van der Waals surface area contributed by atoms with Gasteiger partial charge in [-0.25, -0.2) is 8.42 Å². The van der Waals surface area contributed by atoms with E-state index in [4.69, 9.17) is 0 Å². The maximum Gasteiger partial charge on any atom is 0.151 e. The van der Waals surface area contributed by atoms with Crippen molar-refractivity contribution in [2.75, 3.05) is 36.9 Å². The first kappa shape index (κ1) is 15.6. The molecular formula is C14H27NO2S2. The maximum absolute atomic E-state index is 11.7. The number of sulfone groups is 1. The molecule has 0 aromatic carbocycles. The van der Waals surface area contributed by atoms with E-state index in [1.165, 1.54) is 38.5 Å². The fourth-order valence-electron chi connectivity index (χ4n) is 3.47. The average molecular weight is 306 g/mol. The van der Waals surface area contributed by atoms with E-state index >= 15 is 0 Å². The van der Waals surface area contributed by atoms with Gasteiger partial charge in [0, 0.05) is 13.1 Å². The molecule has 1 saturated heterocycles. The average Bonchev–Trinajstić information content (AvgIpc) is 2.70. The summed E-state index contributed by atoms with van der Waals surface area (Å²) in [6.45, 7) is 2.71. The van der Waals surface area contributed by atoms with Gasteiger partial charge in [-0.15, -0.1) is 0 Å². The van der Waals surface area contributed by atoms with E-state index in [0.29, 0.717) is 16.9 Å². The maximum atomic E-state index is 11.7. The second-order valence-corrected chi connectivity index (χ2v) is 8.97. The molecule has 0 bridgehead atoms. The Kier molecular flexibility index (Phi) is 5.61. The van der Waals surface area contributed by atoms with Gasteiger partial charge in [-0.05, 0) is 37.0 Å². The SMILES string of the molecule is O=S1(=O)CCCN(CC2(CS)CCCCCC2)CC1. The third-order valence-corrected chi connectivity index (χ3v) is 7.09. The third kappa shape index (κ3) is 4.64. The molecule has 1 aliphatic carbocycles. The summed E-state index contributed by atoms with van der Waals surface area (Å²) in [5, 5.41) is 0. The topological polar surface area (TPSA) is 37.4 Å². The van der Waals surface area contributed by atoms with Crippen LogP contribution in [0.4, 0.5) is 0 Å². The molecule has 0 aromatic heterocycles. The molecule has 2 rings (SSSR count). The molecule has 112 valence electrons. The Morgan fingerprint density at radius 2 is 1.63 bits per heavy atom. The second-order valence-electron chi connectivity index (χ2n) is 6.35. The minimum absolute atomic E-state index is 0.327. The molecule has 1 heterocycles. The van der Waals surface area contributed by atoms with Crippen LogP contribution in [0.25, 0.3) is 0 Å². The summed E-state index contributed by atoms with van der Waals surface area (Å²) in [4.78, 5) is 2.38. The molecular weight excluding hydrogens is 278 g/mol. The second kappa shape index (κ2) is 6.81. The molecule has 5 heteroatoms. The summed E-state index contributed by atoms with van der Waals surface area (Å²) < 4.78 is 23.3. The molecule has 0 amide bonds. The Morgan fingerprint density at radius 1 is 0.947 bits per heavy atom. The molecule has 0 radical (unpaired) electrons. The number of thiol groups is 1. The molecule has 1 saturated carbocycles. The van der Waals surface area contributed by atoms with Gasteiger partial charge >= 0.3 is 0 Å². The number of hydrogen-bond acceptors (Lipinski definition) is 4. The highest BCUT2D eigenvalue weighted by Gasteiger charge is 2.32. The first-order valence-electron chi connectivity index (χ1n) is 7.59. The Hall–Kier alpha value is 0.260. The van der Waals surface area contributed by atoms with Gasteiger partial charge in [-0.3, -0.25) is 0 Å². The number of rotatable bonds is 3. The molecule has 2 aliphatic rings. The van der Waals surface area contributed by atoms with Crippen molar-refractivity contribution in [2.45, 2.75) is 44.9 Å². The molecule has 3 nitrogen and oxygen atoms in total. The van der Waals surface area contributed by atoms with E-state index in [0.717, 1.165) is 31.8 Å². The van der Waals surface area contributed by atoms with Crippen molar-refractivity contribution in [3.05, 3.63) is 0 Å². The van der Waals surface area contributed by atoms with Crippen molar-refractivity contribution in [3.8, 4) is 0 Å². The van der Waals surface area contributed by atoms with Crippen molar-refractivity contribution in [2.24, 2.45) is 5.41 Å².